The number of esters is 1. The Labute approximate surface area is 110 Å². The summed E-state index contributed by atoms with van der Waals surface area (Å²) in [6, 6.07) is 0.0608. The first kappa shape index (κ1) is 12.9. The summed E-state index contributed by atoms with van der Waals surface area (Å²) in [6.45, 7) is 0.805. The third kappa shape index (κ3) is 2.64. The molecule has 98 valence electrons. The molecule has 0 unspecified atom stereocenters. The van der Waals surface area contributed by atoms with E-state index in [4.69, 9.17) is 22.1 Å². The largest absolute Gasteiger partial charge is 0.469 e. The van der Waals surface area contributed by atoms with Crippen LogP contribution in [0.15, 0.2) is 6.20 Å². The zero-order valence-corrected chi connectivity index (χ0v) is 10.9. The smallest absolute Gasteiger partial charge is 0.307 e. The third-order valence-corrected chi connectivity index (χ3v) is 3.23. The van der Waals surface area contributed by atoms with E-state index in [1.54, 1.807) is 0 Å². The molecule has 1 aromatic rings. The molecule has 6 nitrogen and oxygen atoms in total. The number of hydrogen-bond acceptors (Lipinski definition) is 6. The Morgan fingerprint density at radius 2 is 2.50 bits per heavy atom. The Hall–Kier alpha value is -1.56. The van der Waals surface area contributed by atoms with Crippen molar-refractivity contribution in [3.63, 3.8) is 0 Å². The van der Waals surface area contributed by atoms with Crippen molar-refractivity contribution in [3.05, 3.63) is 11.5 Å². The number of hydrogen-bond donors (Lipinski definition) is 1. The number of aromatic nitrogens is 2. The molecule has 0 aliphatic carbocycles. The number of carbonyl (C=O) groups excluding carboxylic acids is 1. The first-order valence-electron chi connectivity index (χ1n) is 5.73. The zero-order valence-electron chi connectivity index (χ0n) is 10.1. The van der Waals surface area contributed by atoms with E-state index in [9.17, 15) is 4.79 Å². The van der Waals surface area contributed by atoms with Gasteiger partial charge in [-0.1, -0.05) is 0 Å². The minimum absolute atomic E-state index is 0.0608. The lowest BCUT2D eigenvalue weighted by molar-refractivity contribution is -0.140. The number of rotatable bonds is 3. The van der Waals surface area contributed by atoms with Gasteiger partial charge in [-0.15, -0.1) is 0 Å². The molecule has 2 heterocycles. The lowest BCUT2D eigenvalue weighted by Gasteiger charge is -2.25. The maximum atomic E-state index is 11.4. The molecule has 0 saturated carbocycles. The number of anilines is 2. The second kappa shape index (κ2) is 5.39. The van der Waals surface area contributed by atoms with E-state index >= 15 is 0 Å². The summed E-state index contributed by atoms with van der Waals surface area (Å²) in [4.78, 5) is 21.3. The molecule has 2 rings (SSSR count). The van der Waals surface area contributed by atoms with E-state index in [2.05, 4.69) is 9.97 Å². The van der Waals surface area contributed by atoms with Gasteiger partial charge in [0.25, 0.3) is 0 Å². The van der Waals surface area contributed by atoms with Gasteiger partial charge in [0.2, 0.25) is 5.28 Å². The summed E-state index contributed by atoms with van der Waals surface area (Å²) in [5.74, 6) is 0.368. The minimum atomic E-state index is -0.231. The quantitative estimate of drug-likeness (QED) is 0.657. The maximum Gasteiger partial charge on any atom is 0.307 e. The molecule has 0 radical (unpaired) electrons. The predicted molar refractivity (Wildman–Crippen MR) is 68.5 cm³/mol. The predicted octanol–water partition coefficient (Wildman–Crippen LogP) is 1.24. The summed E-state index contributed by atoms with van der Waals surface area (Å²) < 4.78 is 4.69. The van der Waals surface area contributed by atoms with Crippen LogP contribution in [-0.2, 0) is 9.53 Å². The molecule has 0 spiro atoms. The van der Waals surface area contributed by atoms with Crippen LogP contribution in [0.3, 0.4) is 0 Å². The van der Waals surface area contributed by atoms with Crippen LogP contribution in [-0.4, -0.2) is 35.6 Å². The SMILES string of the molecule is COC(=O)C[C@H]1CCCN1c1nc(Cl)ncc1N. The van der Waals surface area contributed by atoms with Gasteiger partial charge in [-0.2, -0.15) is 4.98 Å². The summed E-state index contributed by atoms with van der Waals surface area (Å²) in [5, 5.41) is 0.155. The molecule has 2 N–H and O–H groups in total. The molecule has 1 aliphatic rings. The van der Waals surface area contributed by atoms with Crippen LogP contribution in [0.25, 0.3) is 0 Å². The summed E-state index contributed by atoms with van der Waals surface area (Å²) in [5.41, 5.74) is 6.32. The molecule has 1 fully saturated rings. The van der Waals surface area contributed by atoms with E-state index in [1.807, 2.05) is 4.90 Å². The van der Waals surface area contributed by atoms with Crippen LogP contribution in [0.1, 0.15) is 19.3 Å². The van der Waals surface area contributed by atoms with Crippen molar-refractivity contribution in [1.29, 1.82) is 0 Å². The van der Waals surface area contributed by atoms with E-state index < -0.39 is 0 Å². The average Bonchev–Trinajstić information content (AvgIpc) is 2.80. The van der Waals surface area contributed by atoms with E-state index in [0.29, 0.717) is 17.9 Å². The van der Waals surface area contributed by atoms with Gasteiger partial charge < -0.3 is 15.4 Å². The van der Waals surface area contributed by atoms with Crippen molar-refractivity contribution < 1.29 is 9.53 Å². The number of nitrogen functional groups attached to an aromatic ring is 1. The molecule has 7 heteroatoms. The lowest BCUT2D eigenvalue weighted by Crippen LogP contribution is -2.33. The van der Waals surface area contributed by atoms with E-state index in [1.165, 1.54) is 13.3 Å². The highest BCUT2D eigenvalue weighted by Gasteiger charge is 2.29. The van der Waals surface area contributed by atoms with Crippen LogP contribution in [0.4, 0.5) is 11.5 Å². The lowest BCUT2D eigenvalue weighted by atomic mass is 10.1. The Morgan fingerprint density at radius 1 is 1.72 bits per heavy atom. The van der Waals surface area contributed by atoms with Gasteiger partial charge in [-0.3, -0.25) is 4.79 Å². The fourth-order valence-corrected chi connectivity index (χ4v) is 2.32. The number of halogens is 1. The van der Waals surface area contributed by atoms with Crippen LogP contribution in [0, 0.1) is 0 Å². The molecule has 1 aliphatic heterocycles. The van der Waals surface area contributed by atoms with Crippen molar-refractivity contribution in [3.8, 4) is 0 Å². The van der Waals surface area contributed by atoms with Crippen LogP contribution in [0.5, 0.6) is 0 Å². The van der Waals surface area contributed by atoms with Crippen molar-refractivity contribution in [2.45, 2.75) is 25.3 Å². The monoisotopic (exact) mass is 270 g/mol. The minimum Gasteiger partial charge on any atom is -0.469 e. The van der Waals surface area contributed by atoms with Gasteiger partial charge in [-0.25, -0.2) is 4.98 Å². The molecule has 0 bridgehead atoms. The summed E-state index contributed by atoms with van der Waals surface area (Å²) in [6.07, 6.45) is 3.72. The fourth-order valence-electron chi connectivity index (χ4n) is 2.19. The molecule has 18 heavy (non-hydrogen) atoms. The number of ether oxygens (including phenoxy) is 1. The average molecular weight is 271 g/mol. The number of nitrogens with zero attached hydrogens (tertiary/aromatic N) is 3. The molecule has 0 amide bonds. The van der Waals surface area contributed by atoms with Gasteiger partial charge in [-0.05, 0) is 24.4 Å². The van der Waals surface area contributed by atoms with Crippen LogP contribution in [0.2, 0.25) is 5.28 Å². The highest BCUT2D eigenvalue weighted by molar-refractivity contribution is 6.28. The molecular formula is C11H15ClN4O2. The highest BCUT2D eigenvalue weighted by Crippen LogP contribution is 2.30. The first-order chi connectivity index (χ1) is 8.61. The van der Waals surface area contributed by atoms with Gasteiger partial charge in [0, 0.05) is 12.6 Å². The normalized spacial score (nSPS) is 19.0. The third-order valence-electron chi connectivity index (χ3n) is 3.05. The second-order valence-corrected chi connectivity index (χ2v) is 4.53. The Balaban J connectivity index is 2.20. The zero-order chi connectivity index (χ0) is 13.1. The van der Waals surface area contributed by atoms with Gasteiger partial charge in [0.1, 0.15) is 0 Å². The number of nitrogens with two attached hydrogens (primary N) is 1. The van der Waals surface area contributed by atoms with Crippen LogP contribution < -0.4 is 10.6 Å². The molecule has 1 atom stereocenters. The first-order valence-corrected chi connectivity index (χ1v) is 6.11. The van der Waals surface area contributed by atoms with Crippen LogP contribution >= 0.6 is 11.6 Å². The van der Waals surface area contributed by atoms with Gasteiger partial charge in [0.15, 0.2) is 5.82 Å². The standard InChI is InChI=1S/C11H15ClN4O2/c1-18-9(17)5-7-3-2-4-16(7)10-8(13)6-14-11(12)15-10/h6-7H,2-5,13H2,1H3/t7-/m1/s1. The summed E-state index contributed by atoms with van der Waals surface area (Å²) in [7, 11) is 1.39. The fraction of sp³-hybridized carbons (Fsp3) is 0.545. The Bertz CT molecular complexity index is 455. The maximum absolute atomic E-state index is 11.4. The Kier molecular flexibility index (Phi) is 3.86. The molecular weight excluding hydrogens is 256 g/mol. The van der Waals surface area contributed by atoms with Gasteiger partial charge in [0.05, 0.1) is 25.4 Å². The van der Waals surface area contributed by atoms with Crippen molar-refractivity contribution in [1.82, 2.24) is 9.97 Å². The summed E-state index contributed by atoms with van der Waals surface area (Å²) >= 11 is 5.78. The van der Waals surface area contributed by atoms with Gasteiger partial charge >= 0.3 is 5.97 Å². The van der Waals surface area contributed by atoms with E-state index in [0.717, 1.165) is 19.4 Å². The Morgan fingerprint density at radius 3 is 3.22 bits per heavy atom. The van der Waals surface area contributed by atoms with Crippen molar-refractivity contribution >= 4 is 29.1 Å². The number of methoxy groups -OCH3 is 1. The van der Waals surface area contributed by atoms with E-state index in [-0.39, 0.29) is 17.3 Å². The second-order valence-electron chi connectivity index (χ2n) is 4.19. The van der Waals surface area contributed by atoms with Crippen molar-refractivity contribution in [2.24, 2.45) is 0 Å². The molecule has 0 aromatic carbocycles. The van der Waals surface area contributed by atoms with Crippen molar-refractivity contribution in [2.75, 3.05) is 24.3 Å². The number of carbonyl (C=O) groups is 1. The molecule has 1 saturated heterocycles. The highest BCUT2D eigenvalue weighted by atomic mass is 35.5. The molecule has 1 aromatic heterocycles. The topological polar surface area (TPSA) is 81.3 Å².